The number of nitro groups is 1. The third kappa shape index (κ3) is 6.79. The first-order chi connectivity index (χ1) is 11.9. The van der Waals surface area contributed by atoms with E-state index in [0.29, 0.717) is 24.2 Å². The van der Waals surface area contributed by atoms with Gasteiger partial charge in [-0.1, -0.05) is 0 Å². The average Bonchev–Trinajstić information content (AvgIpc) is 2.48. The molecule has 1 aromatic rings. The van der Waals surface area contributed by atoms with Crippen LogP contribution in [0.25, 0.3) is 0 Å². The summed E-state index contributed by atoms with van der Waals surface area (Å²) >= 11 is 0. The molecular weight excluding hydrogens is 338 g/mol. The van der Waals surface area contributed by atoms with Crippen LogP contribution in [0.3, 0.4) is 0 Å². The quantitative estimate of drug-likeness (QED) is 0.418. The van der Waals surface area contributed by atoms with Gasteiger partial charge in [0, 0.05) is 30.3 Å². The zero-order valence-corrected chi connectivity index (χ0v) is 16.2. The van der Waals surface area contributed by atoms with Crippen LogP contribution in [0.15, 0.2) is 18.2 Å². The summed E-state index contributed by atoms with van der Waals surface area (Å²) in [7, 11) is 3.73. The Kier molecular flexibility index (Phi) is 7.26. The number of nitro benzene ring substituents is 1. The Morgan fingerprint density at radius 2 is 1.81 bits per heavy atom. The molecule has 144 valence electrons. The van der Waals surface area contributed by atoms with E-state index in [-0.39, 0.29) is 18.1 Å². The van der Waals surface area contributed by atoms with E-state index >= 15 is 0 Å². The van der Waals surface area contributed by atoms with Gasteiger partial charge in [0.05, 0.1) is 4.92 Å². The second-order valence-electron chi connectivity index (χ2n) is 7.37. The monoisotopic (exact) mass is 365 g/mol. The maximum absolute atomic E-state index is 12.8. The van der Waals surface area contributed by atoms with Crippen LogP contribution < -0.4 is 0 Å². The summed E-state index contributed by atoms with van der Waals surface area (Å²) in [6.45, 7) is 7.58. The first-order valence-corrected chi connectivity index (χ1v) is 8.31. The lowest BCUT2D eigenvalue weighted by atomic mass is 10.1. The molecule has 1 aromatic carbocycles. The smallest absolute Gasteiger partial charge is 0.326 e. The van der Waals surface area contributed by atoms with Crippen molar-refractivity contribution in [3.05, 3.63) is 39.4 Å². The lowest BCUT2D eigenvalue weighted by Gasteiger charge is -2.26. The molecule has 0 bridgehead atoms. The highest BCUT2D eigenvalue weighted by atomic mass is 16.6. The van der Waals surface area contributed by atoms with E-state index in [4.69, 9.17) is 4.74 Å². The summed E-state index contributed by atoms with van der Waals surface area (Å²) in [5.41, 5.74) is 0.00623. The average molecular weight is 365 g/mol. The van der Waals surface area contributed by atoms with Gasteiger partial charge in [0.1, 0.15) is 12.1 Å². The molecule has 0 heterocycles. The molecule has 0 radical (unpaired) electrons. The summed E-state index contributed by atoms with van der Waals surface area (Å²) in [5.74, 6) is -0.862. The van der Waals surface area contributed by atoms with Crippen molar-refractivity contribution in [1.29, 1.82) is 0 Å². The zero-order chi connectivity index (χ0) is 20.1. The molecule has 0 atom stereocenters. The van der Waals surface area contributed by atoms with E-state index in [1.807, 2.05) is 19.0 Å². The van der Waals surface area contributed by atoms with Crippen LogP contribution in [0.2, 0.25) is 0 Å². The van der Waals surface area contributed by atoms with Crippen LogP contribution in [0, 0.1) is 17.0 Å². The van der Waals surface area contributed by atoms with Crippen molar-refractivity contribution in [2.75, 3.05) is 33.7 Å². The number of benzene rings is 1. The first-order valence-electron chi connectivity index (χ1n) is 8.31. The molecule has 0 spiro atoms. The topological polar surface area (TPSA) is 93.0 Å². The number of ether oxygens (including phenoxy) is 1. The van der Waals surface area contributed by atoms with Crippen molar-refractivity contribution < 1.29 is 19.2 Å². The highest BCUT2D eigenvalue weighted by molar-refractivity contribution is 5.96. The Morgan fingerprint density at radius 1 is 1.19 bits per heavy atom. The molecule has 0 fully saturated rings. The Bertz CT molecular complexity index is 680. The van der Waals surface area contributed by atoms with Crippen LogP contribution in [-0.2, 0) is 9.53 Å². The molecule has 0 aliphatic carbocycles. The van der Waals surface area contributed by atoms with Gasteiger partial charge in [-0.15, -0.1) is 0 Å². The molecule has 26 heavy (non-hydrogen) atoms. The van der Waals surface area contributed by atoms with Crippen molar-refractivity contribution in [3.63, 3.8) is 0 Å². The number of nitrogens with zero attached hydrogens (tertiary/aromatic N) is 3. The molecule has 8 nitrogen and oxygen atoms in total. The van der Waals surface area contributed by atoms with Crippen LogP contribution in [0.5, 0.6) is 0 Å². The predicted molar refractivity (Wildman–Crippen MR) is 98.1 cm³/mol. The predicted octanol–water partition coefficient (Wildman–Crippen LogP) is 2.25. The summed E-state index contributed by atoms with van der Waals surface area (Å²) in [6.07, 6.45) is 0. The number of rotatable bonds is 7. The van der Waals surface area contributed by atoms with Crippen molar-refractivity contribution >= 4 is 17.6 Å². The Balaban J connectivity index is 3.01. The number of carbonyl (C=O) groups excluding carboxylic acids is 2. The van der Waals surface area contributed by atoms with E-state index < -0.39 is 16.5 Å². The Labute approximate surface area is 153 Å². The molecule has 8 heteroatoms. The van der Waals surface area contributed by atoms with Crippen LogP contribution in [0.1, 0.15) is 36.7 Å². The molecule has 0 aliphatic rings. The van der Waals surface area contributed by atoms with E-state index in [0.717, 1.165) is 0 Å². The van der Waals surface area contributed by atoms with Gasteiger partial charge in [0.2, 0.25) is 0 Å². The highest BCUT2D eigenvalue weighted by Gasteiger charge is 2.24. The van der Waals surface area contributed by atoms with Gasteiger partial charge in [-0.25, -0.2) is 0 Å². The molecule has 1 rings (SSSR count). The van der Waals surface area contributed by atoms with E-state index in [1.165, 1.54) is 23.1 Å². The molecule has 0 aliphatic heterocycles. The molecule has 0 saturated carbocycles. The summed E-state index contributed by atoms with van der Waals surface area (Å²) in [4.78, 5) is 38.7. The summed E-state index contributed by atoms with van der Waals surface area (Å²) in [5, 5.41) is 10.9. The maximum Gasteiger partial charge on any atom is 0.326 e. The van der Waals surface area contributed by atoms with Gasteiger partial charge in [-0.05, 0) is 53.9 Å². The third-order valence-electron chi connectivity index (χ3n) is 3.48. The van der Waals surface area contributed by atoms with Crippen LogP contribution >= 0.6 is 0 Å². The van der Waals surface area contributed by atoms with Crippen molar-refractivity contribution in [3.8, 4) is 0 Å². The zero-order valence-electron chi connectivity index (χ0n) is 16.2. The minimum atomic E-state index is -0.642. The summed E-state index contributed by atoms with van der Waals surface area (Å²) in [6, 6.07) is 4.18. The van der Waals surface area contributed by atoms with Gasteiger partial charge in [0.15, 0.2) is 0 Å². The second kappa shape index (κ2) is 8.75. The molecule has 0 unspecified atom stereocenters. The lowest BCUT2D eigenvalue weighted by Crippen LogP contribution is -2.42. The largest absolute Gasteiger partial charge is 0.459 e. The Morgan fingerprint density at radius 3 is 2.27 bits per heavy atom. The highest BCUT2D eigenvalue weighted by Crippen LogP contribution is 2.20. The summed E-state index contributed by atoms with van der Waals surface area (Å²) < 4.78 is 5.30. The van der Waals surface area contributed by atoms with Gasteiger partial charge < -0.3 is 14.5 Å². The van der Waals surface area contributed by atoms with Gasteiger partial charge in [-0.3, -0.25) is 19.7 Å². The molecular formula is C18H27N3O5. The van der Waals surface area contributed by atoms with Crippen LogP contribution in [-0.4, -0.2) is 65.9 Å². The molecule has 1 amide bonds. The fraction of sp³-hybridized carbons (Fsp3) is 0.556. The van der Waals surface area contributed by atoms with Gasteiger partial charge in [-0.2, -0.15) is 0 Å². The molecule has 0 aromatic heterocycles. The van der Waals surface area contributed by atoms with Crippen LogP contribution in [0.4, 0.5) is 5.69 Å². The van der Waals surface area contributed by atoms with E-state index in [9.17, 15) is 19.7 Å². The number of hydrogen-bond donors (Lipinski definition) is 0. The van der Waals surface area contributed by atoms with Crippen molar-refractivity contribution in [2.24, 2.45) is 0 Å². The fourth-order valence-corrected chi connectivity index (χ4v) is 2.28. The number of amides is 1. The molecule has 0 N–H and O–H groups in total. The number of esters is 1. The minimum absolute atomic E-state index is 0.0477. The molecule has 0 saturated heterocycles. The van der Waals surface area contributed by atoms with E-state index in [2.05, 4.69) is 0 Å². The number of likely N-dealkylation sites (N-methyl/N-ethyl adjacent to an activating group) is 1. The normalized spacial score (nSPS) is 11.3. The number of hydrogen-bond acceptors (Lipinski definition) is 6. The number of aryl methyl sites for hydroxylation is 1. The van der Waals surface area contributed by atoms with Crippen molar-refractivity contribution in [2.45, 2.75) is 33.3 Å². The van der Waals surface area contributed by atoms with Gasteiger partial charge >= 0.3 is 5.97 Å². The standard InChI is InChI=1S/C18H27N3O5/c1-13-11-14(7-8-15(13)21(24)25)17(23)20(10-9-19(5)6)12-16(22)26-18(2,3)4/h7-8,11H,9-10,12H2,1-6H3. The lowest BCUT2D eigenvalue weighted by molar-refractivity contribution is -0.385. The Hall–Kier alpha value is -2.48. The fourth-order valence-electron chi connectivity index (χ4n) is 2.28. The third-order valence-corrected chi connectivity index (χ3v) is 3.48. The van der Waals surface area contributed by atoms with E-state index in [1.54, 1.807) is 27.7 Å². The minimum Gasteiger partial charge on any atom is -0.459 e. The number of carbonyl (C=O) groups is 2. The van der Waals surface area contributed by atoms with Crippen molar-refractivity contribution in [1.82, 2.24) is 9.80 Å². The van der Waals surface area contributed by atoms with Gasteiger partial charge in [0.25, 0.3) is 11.6 Å². The SMILES string of the molecule is Cc1cc(C(=O)N(CCN(C)C)CC(=O)OC(C)(C)C)ccc1[N+](=O)[O-]. The first kappa shape index (κ1) is 21.6. The second-order valence-corrected chi connectivity index (χ2v) is 7.37. The maximum atomic E-state index is 12.8.